The number of carbonyl (C=O) groups excluding carboxylic acids is 1. The largest absolute Gasteiger partial charge is 0.416 e. The lowest BCUT2D eigenvalue weighted by Gasteiger charge is -2.11. The van der Waals surface area contributed by atoms with Crippen molar-refractivity contribution in [3.63, 3.8) is 0 Å². The van der Waals surface area contributed by atoms with Crippen LogP contribution in [0.4, 0.5) is 24.7 Å². The molecule has 26 heavy (non-hydrogen) atoms. The van der Waals surface area contributed by atoms with E-state index in [4.69, 9.17) is 0 Å². The van der Waals surface area contributed by atoms with E-state index < -0.39 is 11.7 Å². The number of anilines is 2. The van der Waals surface area contributed by atoms with E-state index in [9.17, 15) is 18.0 Å². The van der Waals surface area contributed by atoms with Crippen LogP contribution in [0.25, 0.3) is 0 Å². The molecule has 140 valence electrons. The number of pyridine rings is 1. The number of hydrogen-bond donors (Lipinski definition) is 2. The fourth-order valence-corrected chi connectivity index (χ4v) is 2.19. The third kappa shape index (κ3) is 6.03. The number of hydrogen-bond acceptors (Lipinski definition) is 4. The first kappa shape index (κ1) is 19.7. The van der Waals surface area contributed by atoms with Crippen molar-refractivity contribution in [2.45, 2.75) is 12.6 Å². The van der Waals surface area contributed by atoms with Crippen LogP contribution >= 0.6 is 0 Å². The molecule has 8 heteroatoms. The molecule has 0 saturated carbocycles. The van der Waals surface area contributed by atoms with Crippen LogP contribution < -0.4 is 10.6 Å². The molecule has 0 atom stereocenters. The first-order chi connectivity index (χ1) is 12.3. The Hall–Kier alpha value is -2.61. The maximum Gasteiger partial charge on any atom is 0.416 e. The van der Waals surface area contributed by atoms with Crippen molar-refractivity contribution >= 4 is 17.4 Å². The van der Waals surface area contributed by atoms with Gasteiger partial charge in [0.1, 0.15) is 5.82 Å². The summed E-state index contributed by atoms with van der Waals surface area (Å²) in [6.45, 7) is 1.46. The second-order valence-electron chi connectivity index (χ2n) is 6.04. The number of aromatic nitrogens is 1. The van der Waals surface area contributed by atoms with Gasteiger partial charge in [0.05, 0.1) is 11.1 Å². The van der Waals surface area contributed by atoms with Gasteiger partial charge in [-0.05, 0) is 63.5 Å². The first-order valence-corrected chi connectivity index (χ1v) is 8.09. The fraction of sp³-hybridized carbons (Fsp3) is 0.333. The van der Waals surface area contributed by atoms with Gasteiger partial charge in [-0.2, -0.15) is 13.2 Å². The Bertz CT molecular complexity index is 713. The summed E-state index contributed by atoms with van der Waals surface area (Å²) < 4.78 is 37.6. The predicted molar refractivity (Wildman–Crippen MR) is 94.5 cm³/mol. The molecule has 0 aliphatic heterocycles. The summed E-state index contributed by atoms with van der Waals surface area (Å²) in [5, 5.41) is 5.71. The minimum atomic E-state index is -4.36. The second kappa shape index (κ2) is 8.66. The topological polar surface area (TPSA) is 57.3 Å². The second-order valence-corrected chi connectivity index (χ2v) is 6.04. The van der Waals surface area contributed by atoms with Gasteiger partial charge in [-0.3, -0.25) is 4.79 Å². The highest BCUT2D eigenvalue weighted by Gasteiger charge is 2.29. The lowest BCUT2D eigenvalue weighted by Crippen LogP contribution is -2.27. The summed E-state index contributed by atoms with van der Waals surface area (Å²) in [5.74, 6) is 0.228. The average Bonchev–Trinajstić information content (AvgIpc) is 2.59. The lowest BCUT2D eigenvalue weighted by atomic mass is 10.2. The van der Waals surface area contributed by atoms with E-state index in [0.29, 0.717) is 23.6 Å². The van der Waals surface area contributed by atoms with Gasteiger partial charge in [-0.25, -0.2) is 4.98 Å². The summed E-state index contributed by atoms with van der Waals surface area (Å²) in [6, 6.07) is 7.87. The number of nitrogens with zero attached hydrogens (tertiary/aromatic N) is 2. The highest BCUT2D eigenvalue weighted by atomic mass is 19.4. The Morgan fingerprint density at radius 1 is 1.12 bits per heavy atom. The van der Waals surface area contributed by atoms with Crippen LogP contribution in [-0.2, 0) is 6.18 Å². The number of carbonyl (C=O) groups is 1. The molecule has 0 bridgehead atoms. The van der Waals surface area contributed by atoms with Gasteiger partial charge in [-0.1, -0.05) is 0 Å². The van der Waals surface area contributed by atoms with Crippen LogP contribution in [0.1, 0.15) is 22.3 Å². The number of rotatable bonds is 7. The van der Waals surface area contributed by atoms with Crippen LogP contribution in [0.15, 0.2) is 42.6 Å². The Balaban J connectivity index is 1.89. The molecule has 1 amide bonds. The third-order valence-electron chi connectivity index (χ3n) is 3.58. The maximum absolute atomic E-state index is 12.5. The SMILES string of the molecule is CN(C)CCCNC(=O)c1ccc(Nc2ccc(C(F)(F)F)cc2)nc1. The molecule has 1 heterocycles. The molecule has 0 saturated heterocycles. The quantitative estimate of drug-likeness (QED) is 0.736. The summed E-state index contributed by atoms with van der Waals surface area (Å²) in [4.78, 5) is 18.2. The Morgan fingerprint density at radius 3 is 2.35 bits per heavy atom. The van der Waals surface area contributed by atoms with Gasteiger partial charge < -0.3 is 15.5 Å². The molecular weight excluding hydrogens is 345 g/mol. The molecule has 0 unspecified atom stereocenters. The van der Waals surface area contributed by atoms with Crippen LogP contribution in [-0.4, -0.2) is 43.0 Å². The van der Waals surface area contributed by atoms with Gasteiger partial charge in [0.15, 0.2) is 0 Å². The van der Waals surface area contributed by atoms with Crippen LogP contribution in [0.2, 0.25) is 0 Å². The molecule has 0 fully saturated rings. The molecule has 0 aliphatic rings. The zero-order valence-electron chi connectivity index (χ0n) is 14.6. The van der Waals surface area contributed by atoms with Gasteiger partial charge in [-0.15, -0.1) is 0 Å². The Morgan fingerprint density at radius 2 is 1.81 bits per heavy atom. The van der Waals surface area contributed by atoms with Crippen molar-refractivity contribution in [3.8, 4) is 0 Å². The lowest BCUT2D eigenvalue weighted by molar-refractivity contribution is -0.137. The molecule has 5 nitrogen and oxygen atoms in total. The molecule has 0 spiro atoms. The standard InChI is InChI=1S/C18H21F3N4O/c1-25(2)11-3-10-22-17(26)13-4-9-16(23-12-13)24-15-7-5-14(6-8-15)18(19,20)21/h4-9,12H,3,10-11H2,1-2H3,(H,22,26)(H,23,24). The van der Waals surface area contributed by atoms with E-state index >= 15 is 0 Å². The zero-order chi connectivity index (χ0) is 19.2. The number of halogens is 3. The maximum atomic E-state index is 12.5. The monoisotopic (exact) mass is 366 g/mol. The van der Waals surface area contributed by atoms with Gasteiger partial charge in [0.25, 0.3) is 5.91 Å². The fourth-order valence-electron chi connectivity index (χ4n) is 2.19. The average molecular weight is 366 g/mol. The van der Waals surface area contributed by atoms with Crippen LogP contribution in [0, 0.1) is 0 Å². The van der Waals surface area contributed by atoms with E-state index in [-0.39, 0.29) is 5.91 Å². The molecule has 0 radical (unpaired) electrons. The van der Waals surface area contributed by atoms with Crippen molar-refractivity contribution in [1.82, 2.24) is 15.2 Å². The molecular formula is C18H21F3N4O. The van der Waals surface area contributed by atoms with Crippen LogP contribution in [0.5, 0.6) is 0 Å². The zero-order valence-corrected chi connectivity index (χ0v) is 14.6. The van der Waals surface area contributed by atoms with Crippen molar-refractivity contribution in [3.05, 3.63) is 53.7 Å². The number of nitrogens with one attached hydrogen (secondary N) is 2. The van der Waals surface area contributed by atoms with E-state index in [1.165, 1.54) is 18.3 Å². The predicted octanol–water partition coefficient (Wildman–Crippen LogP) is 3.53. The smallest absolute Gasteiger partial charge is 0.352 e. The van der Waals surface area contributed by atoms with Gasteiger partial charge in [0, 0.05) is 18.4 Å². The summed E-state index contributed by atoms with van der Waals surface area (Å²) in [6.07, 6.45) is -2.09. The number of alkyl halides is 3. The molecule has 1 aromatic carbocycles. The minimum Gasteiger partial charge on any atom is -0.352 e. The van der Waals surface area contributed by atoms with Crippen molar-refractivity contribution in [1.29, 1.82) is 0 Å². The van der Waals surface area contributed by atoms with Gasteiger partial charge >= 0.3 is 6.18 Å². The summed E-state index contributed by atoms with van der Waals surface area (Å²) in [7, 11) is 3.93. The third-order valence-corrected chi connectivity index (χ3v) is 3.58. The van der Waals surface area contributed by atoms with E-state index in [1.807, 2.05) is 19.0 Å². The molecule has 2 rings (SSSR count). The molecule has 0 aliphatic carbocycles. The van der Waals surface area contributed by atoms with Crippen LogP contribution in [0.3, 0.4) is 0 Å². The van der Waals surface area contributed by atoms with E-state index in [2.05, 4.69) is 15.6 Å². The minimum absolute atomic E-state index is 0.211. The van der Waals surface area contributed by atoms with E-state index in [1.54, 1.807) is 12.1 Å². The summed E-state index contributed by atoms with van der Waals surface area (Å²) >= 11 is 0. The van der Waals surface area contributed by atoms with Crippen molar-refractivity contribution in [2.24, 2.45) is 0 Å². The Kier molecular flexibility index (Phi) is 6.57. The highest BCUT2D eigenvalue weighted by molar-refractivity contribution is 5.94. The first-order valence-electron chi connectivity index (χ1n) is 8.09. The number of amides is 1. The highest BCUT2D eigenvalue weighted by Crippen LogP contribution is 2.30. The van der Waals surface area contributed by atoms with Crippen molar-refractivity contribution in [2.75, 3.05) is 32.5 Å². The summed E-state index contributed by atoms with van der Waals surface area (Å²) in [5.41, 5.74) is 0.191. The normalized spacial score (nSPS) is 11.5. The van der Waals surface area contributed by atoms with Crippen molar-refractivity contribution < 1.29 is 18.0 Å². The van der Waals surface area contributed by atoms with E-state index in [0.717, 1.165) is 25.1 Å². The molecule has 2 aromatic rings. The number of benzene rings is 1. The molecule has 1 aromatic heterocycles. The van der Waals surface area contributed by atoms with Gasteiger partial charge in [0.2, 0.25) is 0 Å². The molecule has 2 N–H and O–H groups in total. The Labute approximate surface area is 150 Å².